The first-order valence-corrected chi connectivity index (χ1v) is 7.17. The average Bonchev–Trinajstić information content (AvgIpc) is 3.16. The van der Waals surface area contributed by atoms with E-state index in [1.54, 1.807) is 6.20 Å². The zero-order valence-corrected chi connectivity index (χ0v) is 12.2. The number of hydrogen-bond acceptors (Lipinski definition) is 3. The van der Waals surface area contributed by atoms with Crippen LogP contribution in [0.2, 0.25) is 5.02 Å². The highest BCUT2D eigenvalue weighted by Crippen LogP contribution is 2.22. The second-order valence-corrected chi connectivity index (χ2v) is 5.16. The maximum Gasteiger partial charge on any atom is 0.0695 e. The van der Waals surface area contributed by atoms with Crippen molar-refractivity contribution in [2.75, 3.05) is 6.54 Å². The van der Waals surface area contributed by atoms with E-state index in [4.69, 9.17) is 11.6 Å². The molecule has 0 atom stereocenters. The Bertz CT molecular complexity index is 672. The van der Waals surface area contributed by atoms with Gasteiger partial charge < -0.3 is 5.32 Å². The standard InChI is InChI=1S/C15H16ClN5/c16-14-4-2-12(3-5-14)15-13(11-18-20-15)10-17-7-9-21-8-1-6-19-21/h1-6,8,11,17H,7,9-10H2,(H,18,20). The van der Waals surface area contributed by atoms with Crippen LogP contribution in [-0.2, 0) is 13.1 Å². The molecule has 0 spiro atoms. The Hall–Kier alpha value is -2.11. The molecule has 0 aliphatic rings. The van der Waals surface area contributed by atoms with Crippen LogP contribution in [0.15, 0.2) is 48.9 Å². The summed E-state index contributed by atoms with van der Waals surface area (Å²) in [5.74, 6) is 0. The van der Waals surface area contributed by atoms with Crippen molar-refractivity contribution < 1.29 is 0 Å². The lowest BCUT2D eigenvalue weighted by atomic mass is 10.1. The fourth-order valence-corrected chi connectivity index (χ4v) is 2.29. The first-order valence-electron chi connectivity index (χ1n) is 6.79. The number of rotatable bonds is 6. The molecule has 3 rings (SSSR count). The number of aromatic nitrogens is 4. The molecule has 0 saturated heterocycles. The summed E-state index contributed by atoms with van der Waals surface area (Å²) in [5.41, 5.74) is 3.25. The molecule has 2 aromatic heterocycles. The molecular formula is C15H16ClN5. The number of aromatic amines is 1. The normalized spacial score (nSPS) is 10.9. The third-order valence-electron chi connectivity index (χ3n) is 3.24. The van der Waals surface area contributed by atoms with Gasteiger partial charge in [0.15, 0.2) is 0 Å². The molecule has 0 amide bonds. The Morgan fingerprint density at radius 1 is 1.24 bits per heavy atom. The lowest BCUT2D eigenvalue weighted by molar-refractivity contribution is 0.555. The van der Waals surface area contributed by atoms with E-state index in [0.717, 1.165) is 41.5 Å². The van der Waals surface area contributed by atoms with Crippen molar-refractivity contribution in [1.82, 2.24) is 25.3 Å². The molecule has 6 heteroatoms. The van der Waals surface area contributed by atoms with Crippen LogP contribution < -0.4 is 5.32 Å². The minimum absolute atomic E-state index is 0.733. The topological polar surface area (TPSA) is 58.5 Å². The minimum Gasteiger partial charge on any atom is -0.311 e. The number of H-pyrrole nitrogens is 1. The van der Waals surface area contributed by atoms with Crippen molar-refractivity contribution in [2.45, 2.75) is 13.1 Å². The number of hydrogen-bond donors (Lipinski definition) is 2. The molecule has 21 heavy (non-hydrogen) atoms. The van der Waals surface area contributed by atoms with Gasteiger partial charge in [-0.1, -0.05) is 23.7 Å². The van der Waals surface area contributed by atoms with E-state index in [-0.39, 0.29) is 0 Å². The van der Waals surface area contributed by atoms with E-state index in [2.05, 4.69) is 20.6 Å². The van der Waals surface area contributed by atoms with Crippen LogP contribution in [-0.4, -0.2) is 26.5 Å². The number of benzene rings is 1. The Balaban J connectivity index is 1.59. The monoisotopic (exact) mass is 301 g/mol. The molecule has 108 valence electrons. The van der Waals surface area contributed by atoms with E-state index in [9.17, 15) is 0 Å². The smallest absolute Gasteiger partial charge is 0.0695 e. The van der Waals surface area contributed by atoms with Crippen molar-refractivity contribution in [3.05, 3.63) is 59.5 Å². The molecule has 2 heterocycles. The van der Waals surface area contributed by atoms with E-state index >= 15 is 0 Å². The van der Waals surface area contributed by atoms with Crippen LogP contribution in [0.4, 0.5) is 0 Å². The number of nitrogens with one attached hydrogen (secondary N) is 2. The molecule has 1 aromatic carbocycles. The Morgan fingerprint density at radius 2 is 2.10 bits per heavy atom. The van der Waals surface area contributed by atoms with Gasteiger partial charge in [0.25, 0.3) is 0 Å². The van der Waals surface area contributed by atoms with Crippen molar-refractivity contribution >= 4 is 11.6 Å². The zero-order chi connectivity index (χ0) is 14.5. The summed E-state index contributed by atoms with van der Waals surface area (Å²) >= 11 is 5.92. The van der Waals surface area contributed by atoms with Crippen molar-refractivity contribution in [3.8, 4) is 11.3 Å². The van der Waals surface area contributed by atoms with Crippen LogP contribution in [0.3, 0.4) is 0 Å². The Labute approximate surface area is 127 Å². The molecule has 0 fully saturated rings. The van der Waals surface area contributed by atoms with Gasteiger partial charge in [-0.25, -0.2) is 0 Å². The van der Waals surface area contributed by atoms with Crippen LogP contribution in [0.1, 0.15) is 5.56 Å². The lowest BCUT2D eigenvalue weighted by Crippen LogP contribution is -2.19. The van der Waals surface area contributed by atoms with Crippen molar-refractivity contribution in [1.29, 1.82) is 0 Å². The first kappa shape index (κ1) is 13.9. The molecule has 0 bridgehead atoms. The lowest BCUT2D eigenvalue weighted by Gasteiger charge is -2.06. The molecular weight excluding hydrogens is 286 g/mol. The molecule has 2 N–H and O–H groups in total. The van der Waals surface area contributed by atoms with Crippen LogP contribution >= 0.6 is 11.6 Å². The van der Waals surface area contributed by atoms with Crippen LogP contribution in [0.25, 0.3) is 11.3 Å². The molecule has 3 aromatic rings. The van der Waals surface area contributed by atoms with Gasteiger partial charge in [-0.2, -0.15) is 10.2 Å². The SMILES string of the molecule is Clc1ccc(-c2[nH]ncc2CNCCn2cccn2)cc1. The number of nitrogens with zero attached hydrogens (tertiary/aromatic N) is 3. The predicted molar refractivity (Wildman–Crippen MR) is 83.0 cm³/mol. The molecule has 0 aliphatic heterocycles. The molecule has 0 saturated carbocycles. The maximum absolute atomic E-state index is 5.92. The summed E-state index contributed by atoms with van der Waals surface area (Å²) in [4.78, 5) is 0. The van der Waals surface area contributed by atoms with E-state index in [1.807, 2.05) is 47.4 Å². The Morgan fingerprint density at radius 3 is 2.86 bits per heavy atom. The summed E-state index contributed by atoms with van der Waals surface area (Å²) < 4.78 is 1.91. The number of halogens is 1. The summed E-state index contributed by atoms with van der Waals surface area (Å²) in [6.45, 7) is 2.46. The highest BCUT2D eigenvalue weighted by molar-refractivity contribution is 6.30. The Kier molecular flexibility index (Phi) is 4.33. The molecule has 5 nitrogen and oxygen atoms in total. The van der Waals surface area contributed by atoms with Crippen LogP contribution in [0, 0.1) is 0 Å². The van der Waals surface area contributed by atoms with E-state index < -0.39 is 0 Å². The third kappa shape index (κ3) is 3.51. The summed E-state index contributed by atoms with van der Waals surface area (Å²) in [7, 11) is 0. The van der Waals surface area contributed by atoms with Crippen LogP contribution in [0.5, 0.6) is 0 Å². The van der Waals surface area contributed by atoms with Gasteiger partial charge in [0.05, 0.1) is 18.4 Å². The molecule has 0 radical (unpaired) electrons. The molecule has 0 aliphatic carbocycles. The first-order chi connectivity index (χ1) is 10.3. The average molecular weight is 302 g/mol. The summed E-state index contributed by atoms with van der Waals surface area (Å²) in [5, 5.41) is 15.5. The second-order valence-electron chi connectivity index (χ2n) is 4.72. The highest BCUT2D eigenvalue weighted by atomic mass is 35.5. The van der Waals surface area contributed by atoms with Gasteiger partial charge in [-0.05, 0) is 23.8 Å². The van der Waals surface area contributed by atoms with Gasteiger partial charge in [-0.15, -0.1) is 0 Å². The predicted octanol–water partition coefficient (Wildman–Crippen LogP) is 2.72. The fraction of sp³-hybridized carbons (Fsp3) is 0.200. The zero-order valence-electron chi connectivity index (χ0n) is 11.5. The summed E-state index contributed by atoms with van der Waals surface area (Å²) in [6, 6.07) is 9.67. The fourth-order valence-electron chi connectivity index (χ4n) is 2.16. The van der Waals surface area contributed by atoms with Crippen molar-refractivity contribution in [3.63, 3.8) is 0 Å². The summed E-state index contributed by atoms with van der Waals surface area (Å²) in [6.07, 6.45) is 5.60. The maximum atomic E-state index is 5.92. The van der Waals surface area contributed by atoms with Gasteiger partial charge >= 0.3 is 0 Å². The minimum atomic E-state index is 0.733. The third-order valence-corrected chi connectivity index (χ3v) is 3.50. The molecule has 0 unspecified atom stereocenters. The largest absolute Gasteiger partial charge is 0.311 e. The quantitative estimate of drug-likeness (QED) is 0.688. The second kappa shape index (κ2) is 6.56. The van der Waals surface area contributed by atoms with Gasteiger partial charge in [-0.3, -0.25) is 9.78 Å². The van der Waals surface area contributed by atoms with E-state index in [0.29, 0.717) is 0 Å². The van der Waals surface area contributed by atoms with Gasteiger partial charge in [0, 0.05) is 36.1 Å². The van der Waals surface area contributed by atoms with Gasteiger partial charge in [0.1, 0.15) is 0 Å². The van der Waals surface area contributed by atoms with Crippen molar-refractivity contribution in [2.24, 2.45) is 0 Å². The highest BCUT2D eigenvalue weighted by Gasteiger charge is 2.07. The van der Waals surface area contributed by atoms with Gasteiger partial charge in [0.2, 0.25) is 0 Å². The van der Waals surface area contributed by atoms with E-state index in [1.165, 1.54) is 0 Å².